The molecule has 0 aliphatic carbocycles. The average molecular weight is 287 g/mol. The van der Waals surface area contributed by atoms with Crippen molar-refractivity contribution in [3.05, 3.63) is 16.2 Å². The van der Waals surface area contributed by atoms with Crippen LogP contribution >= 0.6 is 15.9 Å². The summed E-state index contributed by atoms with van der Waals surface area (Å²) in [5.74, 6) is 0.621. The first-order chi connectivity index (χ1) is 7.31. The lowest BCUT2D eigenvalue weighted by molar-refractivity contribution is 0.235. The lowest BCUT2D eigenvalue weighted by atomic mass is 9.93. The van der Waals surface area contributed by atoms with E-state index in [-0.39, 0.29) is 5.41 Å². The number of nitrogen functional groups attached to an aromatic ring is 1. The van der Waals surface area contributed by atoms with Crippen molar-refractivity contribution in [2.75, 3.05) is 12.3 Å². The van der Waals surface area contributed by atoms with Crippen molar-refractivity contribution in [3.63, 3.8) is 0 Å². The maximum absolute atomic E-state index is 5.74. The topological polar surface area (TPSA) is 48.1 Å². The van der Waals surface area contributed by atoms with Gasteiger partial charge in [-0.05, 0) is 40.3 Å². The number of rotatable bonds is 3. The molecule has 1 aromatic rings. The number of nitrogens with zero attached hydrogens (tertiary/aromatic N) is 1. The molecule has 0 radical (unpaired) electrons. The number of pyridine rings is 1. The molecule has 0 saturated carbocycles. The van der Waals surface area contributed by atoms with Crippen molar-refractivity contribution in [1.29, 1.82) is 0 Å². The summed E-state index contributed by atoms with van der Waals surface area (Å²) in [6, 6.07) is 0. The molecule has 0 bridgehead atoms. The Morgan fingerprint density at radius 2 is 2.06 bits per heavy atom. The molecule has 1 heterocycles. The quantitative estimate of drug-likeness (QED) is 0.924. The van der Waals surface area contributed by atoms with Gasteiger partial charge in [-0.15, -0.1) is 0 Å². The molecule has 0 aliphatic rings. The van der Waals surface area contributed by atoms with Gasteiger partial charge < -0.3 is 10.5 Å². The van der Waals surface area contributed by atoms with Crippen LogP contribution in [-0.4, -0.2) is 11.6 Å². The monoisotopic (exact) mass is 286 g/mol. The summed E-state index contributed by atoms with van der Waals surface area (Å²) < 4.78 is 6.48. The van der Waals surface area contributed by atoms with E-state index in [1.165, 1.54) is 0 Å². The van der Waals surface area contributed by atoms with Gasteiger partial charge in [-0.25, -0.2) is 4.98 Å². The van der Waals surface area contributed by atoms with Gasteiger partial charge >= 0.3 is 0 Å². The standard InChI is InChI=1S/C12H19BrN2O/c1-8-9(14)7-15-11(10(8)13)16-6-5-12(2,3)4/h7H,5-6,14H2,1-4H3. The van der Waals surface area contributed by atoms with Gasteiger partial charge in [0.05, 0.1) is 23.0 Å². The highest BCUT2D eigenvalue weighted by Crippen LogP contribution is 2.30. The first-order valence-corrected chi connectivity index (χ1v) is 6.14. The van der Waals surface area contributed by atoms with Gasteiger partial charge in [-0.1, -0.05) is 20.8 Å². The zero-order valence-electron chi connectivity index (χ0n) is 10.3. The van der Waals surface area contributed by atoms with Crippen LogP contribution in [0.25, 0.3) is 0 Å². The van der Waals surface area contributed by atoms with Crippen LogP contribution in [0.4, 0.5) is 5.69 Å². The van der Waals surface area contributed by atoms with Crippen molar-refractivity contribution in [2.45, 2.75) is 34.1 Å². The van der Waals surface area contributed by atoms with Crippen LogP contribution in [0.2, 0.25) is 0 Å². The Labute approximate surface area is 106 Å². The summed E-state index contributed by atoms with van der Waals surface area (Å²) in [6.45, 7) is 9.17. The van der Waals surface area contributed by atoms with Crippen molar-refractivity contribution in [1.82, 2.24) is 4.98 Å². The van der Waals surface area contributed by atoms with Crippen molar-refractivity contribution >= 4 is 21.6 Å². The Bertz CT molecular complexity index is 372. The number of nitrogens with two attached hydrogens (primary N) is 1. The Balaban J connectivity index is 2.65. The summed E-state index contributed by atoms with van der Waals surface area (Å²) in [5, 5.41) is 0. The Hall–Kier alpha value is -0.770. The molecule has 3 nitrogen and oxygen atoms in total. The molecule has 2 N–H and O–H groups in total. The van der Waals surface area contributed by atoms with Crippen LogP contribution in [0.15, 0.2) is 10.7 Å². The molecular formula is C12H19BrN2O. The molecule has 0 atom stereocenters. The minimum atomic E-state index is 0.273. The van der Waals surface area contributed by atoms with E-state index in [0.717, 1.165) is 16.5 Å². The summed E-state index contributed by atoms with van der Waals surface area (Å²) in [4.78, 5) is 4.16. The fourth-order valence-corrected chi connectivity index (χ4v) is 1.57. The van der Waals surface area contributed by atoms with E-state index < -0.39 is 0 Å². The Kier molecular flexibility index (Phi) is 4.19. The third-order valence-corrected chi connectivity index (χ3v) is 3.30. The van der Waals surface area contributed by atoms with E-state index in [1.54, 1.807) is 6.20 Å². The van der Waals surface area contributed by atoms with Crippen molar-refractivity contribution in [2.24, 2.45) is 5.41 Å². The molecule has 0 aliphatic heterocycles. The molecule has 0 aromatic carbocycles. The molecular weight excluding hydrogens is 268 g/mol. The number of hydrogen-bond acceptors (Lipinski definition) is 3. The second-order valence-corrected chi connectivity index (χ2v) is 5.91. The van der Waals surface area contributed by atoms with Gasteiger partial charge in [0.15, 0.2) is 0 Å². The fourth-order valence-electron chi connectivity index (χ4n) is 1.12. The molecule has 0 amide bonds. The highest BCUT2D eigenvalue weighted by Gasteiger charge is 2.12. The number of anilines is 1. The predicted octanol–water partition coefficient (Wildman–Crippen LogP) is 3.55. The maximum atomic E-state index is 5.74. The lowest BCUT2D eigenvalue weighted by Crippen LogP contribution is -2.12. The normalized spacial score (nSPS) is 11.6. The molecule has 0 spiro atoms. The first kappa shape index (κ1) is 13.3. The fraction of sp³-hybridized carbons (Fsp3) is 0.583. The van der Waals surface area contributed by atoms with Gasteiger partial charge in [0, 0.05) is 0 Å². The van der Waals surface area contributed by atoms with Crippen molar-refractivity contribution in [3.8, 4) is 5.88 Å². The Morgan fingerprint density at radius 1 is 1.44 bits per heavy atom. The van der Waals surface area contributed by atoms with Gasteiger partial charge in [0.25, 0.3) is 0 Å². The minimum Gasteiger partial charge on any atom is -0.477 e. The highest BCUT2D eigenvalue weighted by atomic mass is 79.9. The van der Waals surface area contributed by atoms with Gasteiger partial charge in [-0.2, -0.15) is 0 Å². The molecule has 16 heavy (non-hydrogen) atoms. The SMILES string of the molecule is Cc1c(N)cnc(OCCC(C)(C)C)c1Br. The summed E-state index contributed by atoms with van der Waals surface area (Å²) >= 11 is 3.44. The molecule has 1 aromatic heterocycles. The van der Waals surface area contributed by atoms with Crippen LogP contribution in [0, 0.1) is 12.3 Å². The van der Waals surface area contributed by atoms with E-state index in [0.29, 0.717) is 18.2 Å². The first-order valence-electron chi connectivity index (χ1n) is 5.34. The largest absolute Gasteiger partial charge is 0.477 e. The van der Waals surface area contributed by atoms with Crippen LogP contribution < -0.4 is 10.5 Å². The average Bonchev–Trinajstić information content (AvgIpc) is 2.16. The zero-order chi connectivity index (χ0) is 12.3. The molecule has 0 unspecified atom stereocenters. The lowest BCUT2D eigenvalue weighted by Gasteiger charge is -2.18. The van der Waals surface area contributed by atoms with Crippen LogP contribution in [0.5, 0.6) is 5.88 Å². The number of halogens is 1. The van der Waals surface area contributed by atoms with E-state index in [2.05, 4.69) is 41.7 Å². The Morgan fingerprint density at radius 3 is 2.62 bits per heavy atom. The van der Waals surface area contributed by atoms with Gasteiger partial charge in [-0.3, -0.25) is 0 Å². The number of aromatic nitrogens is 1. The van der Waals surface area contributed by atoms with Crippen LogP contribution in [0.3, 0.4) is 0 Å². The number of ether oxygens (including phenoxy) is 1. The molecule has 1 rings (SSSR count). The van der Waals surface area contributed by atoms with E-state index >= 15 is 0 Å². The summed E-state index contributed by atoms with van der Waals surface area (Å²) in [6.07, 6.45) is 2.62. The summed E-state index contributed by atoms with van der Waals surface area (Å²) in [7, 11) is 0. The summed E-state index contributed by atoms with van der Waals surface area (Å²) in [5.41, 5.74) is 7.66. The van der Waals surface area contributed by atoms with Gasteiger partial charge in [0.1, 0.15) is 0 Å². The smallest absolute Gasteiger partial charge is 0.228 e. The number of hydrogen-bond donors (Lipinski definition) is 1. The third-order valence-electron chi connectivity index (χ3n) is 2.36. The molecule has 90 valence electrons. The van der Waals surface area contributed by atoms with E-state index in [9.17, 15) is 0 Å². The zero-order valence-corrected chi connectivity index (χ0v) is 11.9. The third kappa shape index (κ3) is 3.67. The van der Waals surface area contributed by atoms with Crippen LogP contribution in [-0.2, 0) is 0 Å². The highest BCUT2D eigenvalue weighted by molar-refractivity contribution is 9.10. The maximum Gasteiger partial charge on any atom is 0.228 e. The van der Waals surface area contributed by atoms with E-state index in [4.69, 9.17) is 10.5 Å². The second kappa shape index (κ2) is 5.04. The molecule has 0 fully saturated rings. The van der Waals surface area contributed by atoms with Crippen molar-refractivity contribution < 1.29 is 4.74 Å². The predicted molar refractivity (Wildman–Crippen MR) is 70.7 cm³/mol. The second-order valence-electron chi connectivity index (χ2n) is 5.12. The van der Waals surface area contributed by atoms with E-state index in [1.807, 2.05) is 6.92 Å². The molecule has 4 heteroatoms. The van der Waals surface area contributed by atoms with Gasteiger partial charge in [0.2, 0.25) is 5.88 Å². The van der Waals surface area contributed by atoms with Crippen LogP contribution in [0.1, 0.15) is 32.8 Å². The molecule has 0 saturated heterocycles. The minimum absolute atomic E-state index is 0.273.